The second kappa shape index (κ2) is 38.2. The number of H-pyrrole nitrogens is 1. The van der Waals surface area contributed by atoms with Crippen molar-refractivity contribution in [3.63, 3.8) is 0 Å². The standard InChI is InChI=1S/C57H89N19O21S2/c1-22-35(73-48(76-46(22)61)27(14-33(60)80)68-15-26(59)47(62)86)52(90)75-37(43(28-16-65-21-69-28)95-56-45(41(84)39(82)31(17-77)94-56)96-55-42(85)44(97-57(63)92)40(83)32(18-78)93-55)53(91)70-24(3)38(81)23(2)49(87)74-36(25(4)79)51(89)67-13-8-34-71-30(20-98-34)54-72-29(19-99-54)50(88)66-12-7-11-64-10-6-5-9-58/h16,19-21,23-27,31-32,36-45,55-56,64,68,77-79,81-85H,5-15,17-18,58-59H2,1-4H3,(H2,60,80)(H2,62,86)(H2,63,92)(H,65,69)(H,66,88)(H,67,89)(H,70,91)(H,74,87)(H,75,90)(H2,61,73,76)/t23-,24+,25+,26-,27-,31-,32+,36-,37-,38-,39+,40+,41+,42-,43-,44-,45-,55+,56-/m0/s1. The first-order valence-corrected chi connectivity index (χ1v) is 33.1. The van der Waals surface area contributed by atoms with Gasteiger partial charge in [-0.25, -0.2) is 29.7 Å². The molecule has 4 aromatic rings. The number of imidazole rings is 1. The number of aromatic amines is 1. The molecule has 0 radical (unpaired) electrons. The molecule has 0 aliphatic carbocycles. The van der Waals surface area contributed by atoms with Gasteiger partial charge in [0.2, 0.25) is 29.5 Å². The van der Waals surface area contributed by atoms with Crippen molar-refractivity contribution in [1.29, 1.82) is 0 Å². The quantitative estimate of drug-likeness (QED) is 0.0185. The Hall–Kier alpha value is -7.73. The molecular formula is C57H89N19O21S2. The van der Waals surface area contributed by atoms with Gasteiger partial charge in [-0.05, 0) is 59.7 Å². The molecule has 99 heavy (non-hydrogen) atoms. The summed E-state index contributed by atoms with van der Waals surface area (Å²) in [6, 6.07) is -7.87. The highest BCUT2D eigenvalue weighted by molar-refractivity contribution is 7.14. The van der Waals surface area contributed by atoms with Crippen molar-refractivity contribution in [1.82, 2.24) is 67.1 Å². The van der Waals surface area contributed by atoms with Gasteiger partial charge in [0.05, 0.1) is 72.7 Å². The molecule has 28 N–H and O–H groups in total. The van der Waals surface area contributed by atoms with Crippen LogP contribution in [0.1, 0.15) is 102 Å². The number of thiazole rings is 2. The van der Waals surface area contributed by atoms with Crippen LogP contribution >= 0.6 is 22.7 Å². The van der Waals surface area contributed by atoms with Gasteiger partial charge in [-0.1, -0.05) is 6.92 Å². The summed E-state index contributed by atoms with van der Waals surface area (Å²) in [4.78, 5) is 131. The highest BCUT2D eigenvalue weighted by Gasteiger charge is 2.54. The summed E-state index contributed by atoms with van der Waals surface area (Å²) in [5.41, 5.74) is 33.6. The smallest absolute Gasteiger partial charge is 0.404 e. The Labute approximate surface area is 573 Å². The molecule has 2 aliphatic rings. The number of carbonyl (C=O) groups is 8. The number of unbranched alkanes of at least 4 members (excludes halogenated alkanes) is 1. The molecule has 550 valence electrons. The zero-order valence-electron chi connectivity index (χ0n) is 54.4. The molecule has 0 bridgehead atoms. The van der Waals surface area contributed by atoms with Crippen molar-refractivity contribution in [2.75, 3.05) is 58.2 Å². The number of nitrogens with one attached hydrogen (secondary N) is 8. The van der Waals surface area contributed by atoms with Gasteiger partial charge in [-0.2, -0.15) is 0 Å². The molecule has 6 rings (SSSR count). The Bertz CT molecular complexity index is 3320. The lowest BCUT2D eigenvalue weighted by Crippen LogP contribution is -2.65. The molecular weight excluding hydrogens is 1350 g/mol. The van der Waals surface area contributed by atoms with E-state index in [2.05, 4.69) is 67.1 Å². The Morgan fingerprint density at radius 1 is 0.747 bits per heavy atom. The first kappa shape index (κ1) is 80.2. The lowest BCUT2D eigenvalue weighted by atomic mass is 9.96. The highest BCUT2D eigenvalue weighted by Crippen LogP contribution is 2.35. The minimum atomic E-state index is -2.20. The maximum absolute atomic E-state index is 15.2. The van der Waals surface area contributed by atoms with E-state index in [9.17, 15) is 74.4 Å². The van der Waals surface area contributed by atoms with Crippen LogP contribution in [-0.2, 0) is 54.1 Å². The largest absolute Gasteiger partial charge is 0.441 e. The van der Waals surface area contributed by atoms with Gasteiger partial charge in [0.1, 0.15) is 94.6 Å². The van der Waals surface area contributed by atoms with E-state index in [0.29, 0.717) is 28.8 Å². The molecule has 6 heterocycles. The summed E-state index contributed by atoms with van der Waals surface area (Å²) in [5.74, 6) is -8.74. The number of hydrogen-bond donors (Lipinski definition) is 22. The zero-order chi connectivity index (χ0) is 72.9. The summed E-state index contributed by atoms with van der Waals surface area (Å²) < 4.78 is 28.7. The molecule has 4 aromatic heterocycles. The van der Waals surface area contributed by atoms with E-state index in [0.717, 1.165) is 44.9 Å². The normalized spacial score (nSPS) is 23.6. The van der Waals surface area contributed by atoms with Crippen LogP contribution in [0.4, 0.5) is 10.6 Å². The number of carbonyl (C=O) groups excluding carboxylic acids is 8. The number of rotatable bonds is 39. The maximum atomic E-state index is 15.2. The van der Waals surface area contributed by atoms with Gasteiger partial charge >= 0.3 is 6.09 Å². The molecule has 42 heteroatoms. The van der Waals surface area contributed by atoms with E-state index in [4.69, 9.17) is 58.1 Å². The fourth-order valence-electron chi connectivity index (χ4n) is 10.2. The Morgan fingerprint density at radius 3 is 2.09 bits per heavy atom. The fourth-order valence-corrected chi connectivity index (χ4v) is 11.8. The molecule has 0 spiro atoms. The van der Waals surface area contributed by atoms with Crippen molar-refractivity contribution in [3.05, 3.63) is 56.8 Å². The van der Waals surface area contributed by atoms with Crippen molar-refractivity contribution >= 4 is 75.9 Å². The molecule has 2 aliphatic heterocycles. The van der Waals surface area contributed by atoms with Crippen LogP contribution in [0.3, 0.4) is 0 Å². The molecule has 8 amide bonds. The Morgan fingerprint density at radius 2 is 1.44 bits per heavy atom. The predicted molar refractivity (Wildman–Crippen MR) is 346 cm³/mol. The van der Waals surface area contributed by atoms with Crippen LogP contribution in [0.15, 0.2) is 23.3 Å². The Balaban J connectivity index is 1.23. The van der Waals surface area contributed by atoms with Crippen LogP contribution in [-0.4, -0.2) is 268 Å². The van der Waals surface area contributed by atoms with Crippen molar-refractivity contribution in [2.45, 2.75) is 170 Å². The van der Waals surface area contributed by atoms with E-state index in [1.165, 1.54) is 50.4 Å². The average Bonchev–Trinajstić information content (AvgIpc) is 1.07. The number of nitrogens with two attached hydrogens (primary N) is 6. The zero-order valence-corrected chi connectivity index (χ0v) is 56.0. The van der Waals surface area contributed by atoms with Gasteiger partial charge in [0, 0.05) is 48.8 Å². The van der Waals surface area contributed by atoms with E-state index in [-0.39, 0.29) is 54.0 Å². The number of anilines is 1. The first-order chi connectivity index (χ1) is 47.0. The van der Waals surface area contributed by atoms with E-state index in [1.807, 2.05) is 0 Å². The SMILES string of the molecule is Cc1c(N)nc([C@H](CC(N)=O)NC[C@H](N)C(N)=O)nc1C(=O)N[C@H](C(=O)N[C@H](C)[C@@H](O)[C@H](C)C(=O)N[C@H](C(=O)NCCc1nc(-c2nc(C(=O)NCCCNCCCCN)cs2)cs1)[C@@H](C)O)[C@@H](O[C@@H]1O[C@@H](CO)[C@@H](O)[C@@H](O)[C@@H]1O[C@H]1O[C@H](CO)[C@@H](O)[C@H](OC(N)=O)[C@@H]1O)c1cnc[nH]1. The maximum Gasteiger partial charge on any atom is 0.404 e. The molecule has 2 fully saturated rings. The monoisotopic (exact) mass is 1440 g/mol. The molecule has 0 unspecified atom stereocenters. The molecule has 19 atom stereocenters. The number of hydrogen-bond acceptors (Lipinski definition) is 33. The molecule has 2 saturated heterocycles. The summed E-state index contributed by atoms with van der Waals surface area (Å²) >= 11 is 2.50. The van der Waals surface area contributed by atoms with Crippen LogP contribution in [0.5, 0.6) is 0 Å². The second-order valence-corrected chi connectivity index (χ2v) is 25.2. The number of nitrogens with zero attached hydrogens (tertiary/aromatic N) is 5. The minimum absolute atomic E-state index is 0.0140. The number of aliphatic hydroxyl groups excluding tert-OH is 8. The van der Waals surface area contributed by atoms with E-state index < -0.39 is 183 Å². The molecule has 0 aromatic carbocycles. The summed E-state index contributed by atoms with van der Waals surface area (Å²) in [6.07, 6.45) is -22.5. The number of ether oxygens (including phenoxy) is 5. The number of aliphatic hydroxyl groups is 8. The van der Waals surface area contributed by atoms with Crippen LogP contribution in [0.25, 0.3) is 10.7 Å². The van der Waals surface area contributed by atoms with Gasteiger partial charge in [0.15, 0.2) is 18.7 Å². The third-order valence-electron chi connectivity index (χ3n) is 15.9. The van der Waals surface area contributed by atoms with Gasteiger partial charge < -0.3 is 141 Å². The number of nitrogen functional groups attached to an aromatic ring is 1. The lowest BCUT2D eigenvalue weighted by Gasteiger charge is -2.47. The summed E-state index contributed by atoms with van der Waals surface area (Å²) in [6.45, 7) is 5.29. The number of amides is 8. The minimum Gasteiger partial charge on any atom is -0.441 e. The summed E-state index contributed by atoms with van der Waals surface area (Å²) in [5, 5.41) is 111. The highest BCUT2D eigenvalue weighted by atomic mass is 32.1. The lowest BCUT2D eigenvalue weighted by molar-refractivity contribution is -0.372. The van der Waals surface area contributed by atoms with Crippen LogP contribution < -0.4 is 71.6 Å². The van der Waals surface area contributed by atoms with E-state index in [1.54, 1.807) is 10.8 Å². The van der Waals surface area contributed by atoms with Gasteiger partial charge in [0.25, 0.3) is 11.8 Å². The molecule has 0 saturated carbocycles. The van der Waals surface area contributed by atoms with Crippen molar-refractivity contribution in [3.8, 4) is 10.7 Å². The van der Waals surface area contributed by atoms with Crippen LogP contribution in [0.2, 0.25) is 0 Å². The van der Waals surface area contributed by atoms with Gasteiger partial charge in [-0.3, -0.25) is 33.6 Å². The summed E-state index contributed by atoms with van der Waals surface area (Å²) in [7, 11) is 0. The van der Waals surface area contributed by atoms with Crippen molar-refractivity contribution in [2.24, 2.45) is 34.6 Å². The average molecular weight is 1440 g/mol. The topological polar surface area (TPSA) is 665 Å². The number of primary amides is 3. The third-order valence-corrected chi connectivity index (χ3v) is 17.7. The van der Waals surface area contributed by atoms with Crippen molar-refractivity contribution < 1.29 is 103 Å². The van der Waals surface area contributed by atoms with Crippen LogP contribution in [0, 0.1) is 12.8 Å². The van der Waals surface area contributed by atoms with Gasteiger partial charge in [-0.15, -0.1) is 22.7 Å². The number of aromatic nitrogens is 6. The fraction of sp³-hybridized carbons (Fsp3) is 0.632. The van der Waals surface area contributed by atoms with E-state index >= 15 is 4.79 Å². The third kappa shape index (κ3) is 22.1. The second-order valence-electron chi connectivity index (χ2n) is 23.4. The first-order valence-electron chi connectivity index (χ1n) is 31.4. The Kier molecular flexibility index (Phi) is 30.9. The predicted octanol–water partition coefficient (Wildman–Crippen LogP) is -8.25. The molecule has 40 nitrogen and oxygen atoms in total.